The normalized spacial score (nSPS) is 12.1. The van der Waals surface area contributed by atoms with Gasteiger partial charge in [-0.3, -0.25) is 0 Å². The first kappa shape index (κ1) is 13.9. The van der Waals surface area contributed by atoms with Crippen LogP contribution in [0.25, 0.3) is 10.9 Å². The van der Waals surface area contributed by atoms with Crippen molar-refractivity contribution in [3.63, 3.8) is 0 Å². The first-order chi connectivity index (χ1) is 7.24. The maximum absolute atomic E-state index is 10.9. The summed E-state index contributed by atoms with van der Waals surface area (Å²) in [4.78, 5) is 10.9. The number of aromatic nitrogens is 1. The van der Waals surface area contributed by atoms with Crippen LogP contribution >= 0.6 is 0 Å². The smallest absolute Gasteiger partial charge is 0.548 e. The fraction of sp³-hybridized carbons (Fsp3) is 0.250. The molecule has 0 aliphatic heterocycles. The fourth-order valence-corrected chi connectivity index (χ4v) is 1.85. The molecule has 0 aliphatic carbocycles. The van der Waals surface area contributed by atoms with E-state index in [0.29, 0.717) is 6.42 Å². The minimum absolute atomic E-state index is 0. The number of carboxylic acids is 1. The Bertz CT molecular complexity index is 492. The van der Waals surface area contributed by atoms with E-state index in [1.54, 1.807) is 10.8 Å². The summed E-state index contributed by atoms with van der Waals surface area (Å²) in [5, 5.41) is 12.0. The zero-order valence-corrected chi connectivity index (χ0v) is 12.6. The molecule has 1 heterocycles. The topological polar surface area (TPSA) is 45.1 Å². The number of rotatable bonds is 3. The summed E-state index contributed by atoms with van der Waals surface area (Å²) in [5.41, 5.74) is 0.938. The number of hydrogen-bond acceptors (Lipinski definition) is 2. The molecule has 0 bridgehead atoms. The molecule has 0 fully saturated rings. The predicted molar refractivity (Wildman–Crippen MR) is 56.3 cm³/mol. The molecule has 78 valence electrons. The van der Waals surface area contributed by atoms with Crippen molar-refractivity contribution in [3.05, 3.63) is 36.5 Å². The van der Waals surface area contributed by atoms with Gasteiger partial charge in [-0.1, -0.05) is 25.1 Å². The van der Waals surface area contributed by atoms with E-state index >= 15 is 0 Å². The minimum Gasteiger partial charge on any atom is -0.548 e. The Morgan fingerprint density at radius 1 is 1.38 bits per heavy atom. The second kappa shape index (κ2) is 5.98. The molecule has 3 nitrogen and oxygen atoms in total. The third kappa shape index (κ3) is 2.57. The fourth-order valence-electron chi connectivity index (χ4n) is 1.85. The van der Waals surface area contributed by atoms with Crippen LogP contribution < -0.4 is 56.5 Å². The second-order valence-corrected chi connectivity index (χ2v) is 3.52. The number of aliphatic carboxylic acids is 1. The molecule has 1 aromatic heterocycles. The molecule has 1 atom stereocenters. The van der Waals surface area contributed by atoms with Crippen molar-refractivity contribution in [1.29, 1.82) is 0 Å². The van der Waals surface area contributed by atoms with E-state index in [2.05, 4.69) is 0 Å². The van der Waals surface area contributed by atoms with Gasteiger partial charge in [0.2, 0.25) is 0 Å². The molecule has 1 unspecified atom stereocenters. The Hall–Kier alpha value is -0.134. The van der Waals surface area contributed by atoms with Crippen LogP contribution in [-0.4, -0.2) is 10.5 Å². The molecule has 0 aliphatic rings. The Balaban J connectivity index is 0.00000128. The van der Waals surface area contributed by atoms with Crippen LogP contribution in [0, 0.1) is 0 Å². The molecule has 0 radical (unpaired) electrons. The summed E-state index contributed by atoms with van der Waals surface area (Å²) >= 11 is 0. The van der Waals surface area contributed by atoms with E-state index < -0.39 is 12.0 Å². The van der Waals surface area contributed by atoms with E-state index in [4.69, 9.17) is 0 Å². The number of para-hydroxylation sites is 1. The van der Waals surface area contributed by atoms with Crippen molar-refractivity contribution in [2.45, 2.75) is 19.4 Å². The second-order valence-electron chi connectivity index (χ2n) is 3.52. The number of hydrogen-bond donors (Lipinski definition) is 0. The molecular weight excluding hydrogens is 229 g/mol. The molecule has 4 heteroatoms. The van der Waals surface area contributed by atoms with Gasteiger partial charge in [-0.05, 0) is 23.9 Å². The monoisotopic (exact) mass is 241 g/mol. The molecular formula is C12H12KNO2. The molecule has 2 rings (SSSR count). The van der Waals surface area contributed by atoms with Crippen molar-refractivity contribution in [2.24, 2.45) is 0 Å². The molecule has 0 spiro atoms. The minimum atomic E-state index is -1.03. The van der Waals surface area contributed by atoms with Gasteiger partial charge in [-0.2, -0.15) is 0 Å². The molecule has 0 saturated heterocycles. The van der Waals surface area contributed by atoms with Gasteiger partial charge in [-0.15, -0.1) is 0 Å². The number of carbonyl (C=O) groups excluding carboxylic acids is 1. The Kier molecular flexibility index (Phi) is 5.20. The van der Waals surface area contributed by atoms with Crippen molar-refractivity contribution in [3.8, 4) is 0 Å². The van der Waals surface area contributed by atoms with Crippen molar-refractivity contribution in [2.75, 3.05) is 0 Å². The van der Waals surface area contributed by atoms with Crippen LogP contribution in [0.5, 0.6) is 0 Å². The van der Waals surface area contributed by atoms with Crippen molar-refractivity contribution in [1.82, 2.24) is 4.57 Å². The molecule has 16 heavy (non-hydrogen) atoms. The quantitative estimate of drug-likeness (QED) is 0.604. The van der Waals surface area contributed by atoms with Gasteiger partial charge >= 0.3 is 51.4 Å². The number of benzene rings is 1. The van der Waals surface area contributed by atoms with E-state index in [0.717, 1.165) is 10.9 Å². The van der Waals surface area contributed by atoms with Crippen molar-refractivity contribution >= 4 is 16.9 Å². The molecule has 0 saturated carbocycles. The number of carboxylic acid groups (broad SMARTS) is 1. The van der Waals surface area contributed by atoms with Crippen LogP contribution in [0.4, 0.5) is 0 Å². The molecule has 2 aromatic rings. The van der Waals surface area contributed by atoms with Gasteiger partial charge in [0.1, 0.15) is 0 Å². The maximum Gasteiger partial charge on any atom is 1.00 e. The first-order valence-corrected chi connectivity index (χ1v) is 5.00. The van der Waals surface area contributed by atoms with E-state index in [-0.39, 0.29) is 51.4 Å². The van der Waals surface area contributed by atoms with Gasteiger partial charge in [-0.25, -0.2) is 0 Å². The van der Waals surface area contributed by atoms with E-state index in [1.807, 2.05) is 37.3 Å². The van der Waals surface area contributed by atoms with Crippen LogP contribution in [0.1, 0.15) is 19.4 Å². The zero-order valence-electron chi connectivity index (χ0n) is 9.51. The third-order valence-corrected chi connectivity index (χ3v) is 2.62. The largest absolute Gasteiger partial charge is 1.00 e. The third-order valence-electron chi connectivity index (χ3n) is 2.62. The van der Waals surface area contributed by atoms with Gasteiger partial charge < -0.3 is 14.5 Å². The zero-order chi connectivity index (χ0) is 10.8. The Morgan fingerprint density at radius 3 is 2.69 bits per heavy atom. The number of carbonyl (C=O) groups is 1. The van der Waals surface area contributed by atoms with E-state index in [9.17, 15) is 9.90 Å². The van der Waals surface area contributed by atoms with Crippen LogP contribution in [0.3, 0.4) is 0 Å². The maximum atomic E-state index is 10.9. The molecule has 0 N–H and O–H groups in total. The van der Waals surface area contributed by atoms with Gasteiger partial charge in [0.05, 0.1) is 12.0 Å². The SMILES string of the molecule is CCC(C(=O)[O-])n1ccc2ccccc21.[K+]. The van der Waals surface area contributed by atoms with Gasteiger partial charge in [0, 0.05) is 11.7 Å². The van der Waals surface area contributed by atoms with Gasteiger partial charge in [0.15, 0.2) is 0 Å². The number of fused-ring (bicyclic) bond motifs is 1. The summed E-state index contributed by atoms with van der Waals surface area (Å²) in [5.74, 6) is -1.03. The van der Waals surface area contributed by atoms with Crippen LogP contribution in [0.2, 0.25) is 0 Å². The van der Waals surface area contributed by atoms with Crippen molar-refractivity contribution < 1.29 is 61.3 Å². The predicted octanol–water partition coefficient (Wildman–Crippen LogP) is -1.65. The molecule has 0 amide bonds. The summed E-state index contributed by atoms with van der Waals surface area (Å²) in [6.45, 7) is 1.84. The molecule has 1 aromatic carbocycles. The van der Waals surface area contributed by atoms with Crippen LogP contribution in [0.15, 0.2) is 36.5 Å². The summed E-state index contributed by atoms with van der Waals surface area (Å²) in [6.07, 6.45) is 2.33. The average Bonchev–Trinajstić information content (AvgIpc) is 2.63. The number of nitrogens with zero attached hydrogens (tertiary/aromatic N) is 1. The summed E-state index contributed by atoms with van der Waals surface area (Å²) in [7, 11) is 0. The van der Waals surface area contributed by atoms with Gasteiger partial charge in [0.25, 0.3) is 0 Å². The van der Waals surface area contributed by atoms with E-state index in [1.165, 1.54) is 0 Å². The van der Waals surface area contributed by atoms with Crippen LogP contribution in [-0.2, 0) is 4.79 Å². The Labute approximate surface area is 137 Å². The summed E-state index contributed by atoms with van der Waals surface area (Å²) < 4.78 is 1.75. The summed E-state index contributed by atoms with van der Waals surface area (Å²) in [6, 6.07) is 9.06. The average molecular weight is 241 g/mol. The first-order valence-electron chi connectivity index (χ1n) is 5.00. The Morgan fingerprint density at radius 2 is 2.06 bits per heavy atom. The standard InChI is InChI=1S/C12H13NO2.K/c1-2-10(12(14)15)13-8-7-9-5-3-4-6-11(9)13;/h3-8,10H,2H2,1H3,(H,14,15);/q;+1/p-1.